The minimum absolute atomic E-state index is 0.197. The van der Waals surface area contributed by atoms with Crippen molar-refractivity contribution in [3.63, 3.8) is 0 Å². The quantitative estimate of drug-likeness (QED) is 0.686. The Labute approximate surface area is 166 Å². The van der Waals surface area contributed by atoms with Crippen molar-refractivity contribution < 1.29 is 9.53 Å². The number of carbonyl (C=O) groups excluding carboxylic acids is 1. The highest BCUT2D eigenvalue weighted by Gasteiger charge is 2.24. The zero-order chi connectivity index (χ0) is 19.5. The second-order valence-electron chi connectivity index (χ2n) is 7.23. The van der Waals surface area contributed by atoms with Crippen LogP contribution in [0.1, 0.15) is 12.5 Å². The maximum absolute atomic E-state index is 12.0. The van der Waals surface area contributed by atoms with Gasteiger partial charge in [0.1, 0.15) is 0 Å². The predicted molar refractivity (Wildman–Crippen MR) is 112 cm³/mol. The van der Waals surface area contributed by atoms with Crippen molar-refractivity contribution in [2.75, 3.05) is 32.8 Å². The first kappa shape index (κ1) is 18.6. The number of amides is 1. The molecule has 28 heavy (non-hydrogen) atoms. The van der Waals surface area contributed by atoms with Gasteiger partial charge in [0.15, 0.2) is 0 Å². The van der Waals surface area contributed by atoms with Crippen molar-refractivity contribution in [1.29, 1.82) is 0 Å². The van der Waals surface area contributed by atoms with E-state index in [9.17, 15) is 4.79 Å². The SMILES string of the molecule is CCOC(=O)N1CCN(Cc2c(-c3ccccc3)n(C)c3ccccc23)CC1. The van der Waals surface area contributed by atoms with Crippen LogP contribution in [0.2, 0.25) is 0 Å². The zero-order valence-electron chi connectivity index (χ0n) is 16.6. The molecular weight excluding hydrogens is 350 g/mol. The number of hydrogen-bond donors (Lipinski definition) is 0. The van der Waals surface area contributed by atoms with Crippen LogP contribution in [0, 0.1) is 0 Å². The van der Waals surface area contributed by atoms with Crippen molar-refractivity contribution in [2.45, 2.75) is 13.5 Å². The largest absolute Gasteiger partial charge is 0.450 e. The number of aromatic nitrogens is 1. The molecule has 1 aromatic heterocycles. The van der Waals surface area contributed by atoms with E-state index < -0.39 is 0 Å². The van der Waals surface area contributed by atoms with E-state index in [1.165, 1.54) is 27.7 Å². The molecule has 0 bridgehead atoms. The Morgan fingerprint density at radius 2 is 1.64 bits per heavy atom. The number of para-hydroxylation sites is 1. The minimum Gasteiger partial charge on any atom is -0.450 e. The summed E-state index contributed by atoms with van der Waals surface area (Å²) in [4.78, 5) is 16.2. The molecule has 5 heteroatoms. The van der Waals surface area contributed by atoms with Crippen LogP contribution >= 0.6 is 0 Å². The Kier molecular flexibility index (Phi) is 5.35. The Morgan fingerprint density at radius 3 is 2.36 bits per heavy atom. The number of benzene rings is 2. The van der Waals surface area contributed by atoms with Crippen LogP contribution in [0.15, 0.2) is 54.6 Å². The number of carbonyl (C=O) groups is 1. The topological polar surface area (TPSA) is 37.7 Å². The fourth-order valence-electron chi connectivity index (χ4n) is 4.12. The Balaban J connectivity index is 1.62. The molecule has 5 nitrogen and oxygen atoms in total. The lowest BCUT2D eigenvalue weighted by molar-refractivity contribution is 0.0780. The Morgan fingerprint density at radius 1 is 0.964 bits per heavy atom. The van der Waals surface area contributed by atoms with Gasteiger partial charge in [-0.3, -0.25) is 4.90 Å². The second kappa shape index (κ2) is 8.07. The van der Waals surface area contributed by atoms with Gasteiger partial charge in [-0.2, -0.15) is 0 Å². The minimum atomic E-state index is -0.197. The van der Waals surface area contributed by atoms with Crippen LogP contribution in [-0.4, -0.2) is 53.2 Å². The molecule has 0 unspecified atom stereocenters. The molecule has 2 aromatic carbocycles. The van der Waals surface area contributed by atoms with Crippen LogP contribution in [0.25, 0.3) is 22.2 Å². The van der Waals surface area contributed by atoms with E-state index in [4.69, 9.17) is 4.74 Å². The molecular formula is C23H27N3O2. The third-order valence-corrected chi connectivity index (χ3v) is 5.54. The molecule has 0 spiro atoms. The molecule has 0 radical (unpaired) electrons. The fraction of sp³-hybridized carbons (Fsp3) is 0.348. The van der Waals surface area contributed by atoms with Gasteiger partial charge in [-0.25, -0.2) is 4.79 Å². The summed E-state index contributed by atoms with van der Waals surface area (Å²) in [5, 5.41) is 1.30. The van der Waals surface area contributed by atoms with Crippen molar-refractivity contribution in [2.24, 2.45) is 7.05 Å². The van der Waals surface area contributed by atoms with Crippen LogP contribution in [0.5, 0.6) is 0 Å². The summed E-state index contributed by atoms with van der Waals surface area (Å²) >= 11 is 0. The molecule has 0 atom stereocenters. The Hall–Kier alpha value is -2.79. The molecule has 1 saturated heterocycles. The number of aryl methyl sites for hydroxylation is 1. The maximum Gasteiger partial charge on any atom is 0.409 e. The molecule has 146 valence electrons. The van der Waals surface area contributed by atoms with Crippen molar-refractivity contribution in [3.8, 4) is 11.3 Å². The van der Waals surface area contributed by atoms with Gasteiger partial charge >= 0.3 is 6.09 Å². The van der Waals surface area contributed by atoms with Gasteiger partial charge in [0.05, 0.1) is 12.3 Å². The number of ether oxygens (including phenoxy) is 1. The summed E-state index contributed by atoms with van der Waals surface area (Å²) < 4.78 is 7.44. The monoisotopic (exact) mass is 377 g/mol. The first-order valence-corrected chi connectivity index (χ1v) is 9.94. The van der Waals surface area contributed by atoms with Crippen molar-refractivity contribution in [3.05, 3.63) is 60.2 Å². The van der Waals surface area contributed by atoms with E-state index in [1.807, 2.05) is 6.92 Å². The molecule has 0 N–H and O–H groups in total. The predicted octanol–water partition coefficient (Wildman–Crippen LogP) is 4.12. The average molecular weight is 377 g/mol. The third kappa shape index (κ3) is 3.50. The summed E-state index contributed by atoms with van der Waals surface area (Å²) in [6.45, 7) is 6.29. The highest BCUT2D eigenvalue weighted by Crippen LogP contribution is 2.34. The number of rotatable bonds is 4. The van der Waals surface area contributed by atoms with E-state index in [-0.39, 0.29) is 6.09 Å². The van der Waals surface area contributed by atoms with E-state index in [1.54, 1.807) is 4.90 Å². The molecule has 0 saturated carbocycles. The van der Waals surface area contributed by atoms with Gasteiger partial charge < -0.3 is 14.2 Å². The second-order valence-corrected chi connectivity index (χ2v) is 7.23. The van der Waals surface area contributed by atoms with Gasteiger partial charge in [-0.05, 0) is 24.1 Å². The number of hydrogen-bond acceptors (Lipinski definition) is 3. The molecule has 1 aliphatic rings. The molecule has 3 aromatic rings. The smallest absolute Gasteiger partial charge is 0.409 e. The molecule has 1 amide bonds. The lowest BCUT2D eigenvalue weighted by Gasteiger charge is -2.34. The first-order chi connectivity index (χ1) is 13.7. The van der Waals surface area contributed by atoms with Gasteiger partial charge in [0, 0.05) is 50.7 Å². The standard InChI is InChI=1S/C23H27N3O2/c1-3-28-23(27)26-15-13-25(14-16-26)17-20-19-11-7-8-12-21(19)24(2)22(20)18-9-5-4-6-10-18/h4-12H,3,13-17H2,1-2H3. The van der Waals surface area contributed by atoms with E-state index in [0.717, 1.165) is 19.6 Å². The summed E-state index contributed by atoms with van der Waals surface area (Å²) in [6, 6.07) is 19.2. The van der Waals surface area contributed by atoms with Crippen molar-refractivity contribution >= 4 is 17.0 Å². The summed E-state index contributed by atoms with van der Waals surface area (Å²) in [5.41, 5.74) is 5.12. The van der Waals surface area contributed by atoms with Crippen LogP contribution in [0.3, 0.4) is 0 Å². The Bertz CT molecular complexity index is 957. The first-order valence-electron chi connectivity index (χ1n) is 9.94. The van der Waals surface area contributed by atoms with E-state index in [0.29, 0.717) is 19.7 Å². The van der Waals surface area contributed by atoms with Gasteiger partial charge in [-0.15, -0.1) is 0 Å². The van der Waals surface area contributed by atoms with Crippen molar-refractivity contribution in [1.82, 2.24) is 14.4 Å². The van der Waals surface area contributed by atoms with Crippen LogP contribution in [-0.2, 0) is 18.3 Å². The highest BCUT2D eigenvalue weighted by atomic mass is 16.6. The number of nitrogens with zero attached hydrogens (tertiary/aromatic N) is 3. The molecule has 1 fully saturated rings. The van der Waals surface area contributed by atoms with Gasteiger partial charge in [-0.1, -0.05) is 48.5 Å². The molecule has 4 rings (SSSR count). The third-order valence-electron chi connectivity index (χ3n) is 5.54. The zero-order valence-corrected chi connectivity index (χ0v) is 16.6. The van der Waals surface area contributed by atoms with E-state index in [2.05, 4.69) is 71.1 Å². The van der Waals surface area contributed by atoms with Gasteiger partial charge in [0.2, 0.25) is 0 Å². The fourth-order valence-corrected chi connectivity index (χ4v) is 4.12. The number of piperazine rings is 1. The van der Waals surface area contributed by atoms with E-state index >= 15 is 0 Å². The summed E-state index contributed by atoms with van der Waals surface area (Å²) in [7, 11) is 2.15. The lowest BCUT2D eigenvalue weighted by Crippen LogP contribution is -2.48. The molecule has 1 aliphatic heterocycles. The highest BCUT2D eigenvalue weighted by molar-refractivity contribution is 5.91. The van der Waals surface area contributed by atoms with Crippen LogP contribution in [0.4, 0.5) is 4.79 Å². The summed E-state index contributed by atoms with van der Waals surface area (Å²) in [5.74, 6) is 0. The molecule has 2 heterocycles. The normalized spacial score (nSPS) is 15.1. The van der Waals surface area contributed by atoms with Crippen LogP contribution < -0.4 is 0 Å². The maximum atomic E-state index is 12.0. The van der Waals surface area contributed by atoms with Gasteiger partial charge in [0.25, 0.3) is 0 Å². The summed E-state index contributed by atoms with van der Waals surface area (Å²) in [6.07, 6.45) is -0.197. The lowest BCUT2D eigenvalue weighted by atomic mass is 10.0. The number of fused-ring (bicyclic) bond motifs is 1. The average Bonchev–Trinajstić information content (AvgIpc) is 3.01. The molecule has 0 aliphatic carbocycles.